The van der Waals surface area contributed by atoms with Crippen molar-refractivity contribution in [3.63, 3.8) is 0 Å². The lowest BCUT2D eigenvalue weighted by Gasteiger charge is -2.23. The third kappa shape index (κ3) is 3.72. The molecule has 2 N–H and O–H groups in total. The third-order valence-corrected chi connectivity index (χ3v) is 5.48. The van der Waals surface area contributed by atoms with Gasteiger partial charge in [0.05, 0.1) is 12.2 Å². The van der Waals surface area contributed by atoms with Crippen LogP contribution in [0.5, 0.6) is 0 Å². The summed E-state index contributed by atoms with van der Waals surface area (Å²) < 4.78 is 2.98. The Labute approximate surface area is 161 Å². The maximum atomic E-state index is 12.3. The Morgan fingerprint density at radius 1 is 1.33 bits per heavy atom. The fourth-order valence-electron chi connectivity index (χ4n) is 3.60. The molecular formula is C16H21BrCl2N4O. The molecule has 1 saturated carbocycles. The zero-order valence-corrected chi connectivity index (χ0v) is 16.3. The Bertz CT molecular complexity index is 730. The van der Waals surface area contributed by atoms with E-state index in [9.17, 15) is 4.79 Å². The van der Waals surface area contributed by atoms with Gasteiger partial charge in [0.15, 0.2) is 0 Å². The minimum absolute atomic E-state index is 0. The summed E-state index contributed by atoms with van der Waals surface area (Å²) in [6, 6.07) is 3.93. The first kappa shape index (κ1) is 19.5. The van der Waals surface area contributed by atoms with Crippen LogP contribution in [0.4, 0.5) is 0 Å². The number of hydrogen-bond acceptors (Lipinski definition) is 3. The standard InChI is InChI=1S/C16H19BrN4O.2ClH/c17-11-1-2-14-20-12(10-21(14)9-11)8-19-15(22)13-7-16(13)3-5-18-6-4-16;;/h1-2,9-10,13,18H,3-8H2,(H,19,22);2*1H. The van der Waals surface area contributed by atoms with Crippen molar-refractivity contribution in [2.24, 2.45) is 11.3 Å². The first-order valence-corrected chi connectivity index (χ1v) is 8.57. The maximum absolute atomic E-state index is 12.3. The van der Waals surface area contributed by atoms with E-state index in [0.29, 0.717) is 12.0 Å². The molecule has 1 saturated heterocycles. The van der Waals surface area contributed by atoms with E-state index < -0.39 is 0 Å². The van der Waals surface area contributed by atoms with E-state index in [4.69, 9.17) is 0 Å². The first-order chi connectivity index (χ1) is 10.7. The zero-order chi connectivity index (χ0) is 15.2. The summed E-state index contributed by atoms with van der Waals surface area (Å²) >= 11 is 3.45. The highest BCUT2D eigenvalue weighted by molar-refractivity contribution is 9.10. The van der Waals surface area contributed by atoms with E-state index in [1.54, 1.807) is 0 Å². The molecule has 0 radical (unpaired) electrons. The van der Waals surface area contributed by atoms with Gasteiger partial charge in [0, 0.05) is 22.8 Å². The van der Waals surface area contributed by atoms with Gasteiger partial charge in [0.25, 0.3) is 0 Å². The lowest BCUT2D eigenvalue weighted by atomic mass is 9.92. The fraction of sp³-hybridized carbons (Fsp3) is 0.500. The van der Waals surface area contributed by atoms with Gasteiger partial charge in [0.1, 0.15) is 5.65 Å². The predicted molar refractivity (Wildman–Crippen MR) is 102 cm³/mol. The van der Waals surface area contributed by atoms with Crippen LogP contribution in [0.15, 0.2) is 29.0 Å². The van der Waals surface area contributed by atoms with Crippen LogP contribution in [0, 0.1) is 11.3 Å². The number of piperidine rings is 1. The molecule has 4 rings (SSSR count). The van der Waals surface area contributed by atoms with Gasteiger partial charge in [-0.05, 0) is 65.8 Å². The van der Waals surface area contributed by atoms with E-state index in [2.05, 4.69) is 31.5 Å². The first-order valence-electron chi connectivity index (χ1n) is 7.78. The van der Waals surface area contributed by atoms with Crippen molar-refractivity contribution in [2.75, 3.05) is 13.1 Å². The Morgan fingerprint density at radius 3 is 2.83 bits per heavy atom. The number of hydrogen-bond donors (Lipinski definition) is 2. The van der Waals surface area contributed by atoms with E-state index in [1.165, 1.54) is 0 Å². The normalized spacial score (nSPS) is 21.0. The SMILES string of the molecule is Cl.Cl.O=C(NCc1cn2cc(Br)ccc2n1)C1CC12CCNCC2. The minimum atomic E-state index is 0. The van der Waals surface area contributed by atoms with E-state index in [-0.39, 0.29) is 36.6 Å². The second-order valence-electron chi connectivity index (χ2n) is 6.43. The van der Waals surface area contributed by atoms with Crippen molar-refractivity contribution in [2.45, 2.75) is 25.8 Å². The average Bonchev–Trinajstić information content (AvgIpc) is 3.05. The number of aromatic nitrogens is 2. The number of carbonyl (C=O) groups is 1. The minimum Gasteiger partial charge on any atom is -0.350 e. The Balaban J connectivity index is 0.00000104. The van der Waals surface area contributed by atoms with Crippen LogP contribution in [-0.2, 0) is 11.3 Å². The molecule has 24 heavy (non-hydrogen) atoms. The molecular weight excluding hydrogens is 415 g/mol. The van der Waals surface area contributed by atoms with Gasteiger partial charge in [-0.25, -0.2) is 4.98 Å². The van der Waals surface area contributed by atoms with Gasteiger partial charge in [-0.3, -0.25) is 4.79 Å². The lowest BCUT2D eigenvalue weighted by Crippen LogP contribution is -2.33. The summed E-state index contributed by atoms with van der Waals surface area (Å²) in [6.07, 6.45) is 7.26. The number of imidazole rings is 1. The molecule has 2 aromatic heterocycles. The van der Waals surface area contributed by atoms with Crippen molar-refractivity contribution in [1.29, 1.82) is 0 Å². The monoisotopic (exact) mass is 434 g/mol. The molecule has 1 spiro atoms. The zero-order valence-electron chi connectivity index (χ0n) is 13.1. The van der Waals surface area contributed by atoms with Crippen LogP contribution < -0.4 is 10.6 Å². The van der Waals surface area contributed by atoms with Gasteiger partial charge in [0.2, 0.25) is 5.91 Å². The molecule has 0 bridgehead atoms. The molecule has 2 aromatic rings. The number of nitrogens with one attached hydrogen (secondary N) is 2. The Hall–Kier alpha value is -0.820. The number of nitrogens with zero attached hydrogens (tertiary/aromatic N) is 2. The highest BCUT2D eigenvalue weighted by Crippen LogP contribution is 2.58. The Morgan fingerprint density at radius 2 is 2.08 bits per heavy atom. The van der Waals surface area contributed by atoms with Crippen LogP contribution in [0.2, 0.25) is 0 Å². The topological polar surface area (TPSA) is 58.4 Å². The number of pyridine rings is 1. The average molecular weight is 436 g/mol. The highest BCUT2D eigenvalue weighted by Gasteiger charge is 2.57. The van der Waals surface area contributed by atoms with Crippen LogP contribution in [0.1, 0.15) is 25.0 Å². The molecule has 1 unspecified atom stereocenters. The third-order valence-electron chi connectivity index (χ3n) is 5.01. The van der Waals surface area contributed by atoms with Crippen LogP contribution in [-0.4, -0.2) is 28.4 Å². The van der Waals surface area contributed by atoms with Gasteiger partial charge >= 0.3 is 0 Å². The number of fused-ring (bicyclic) bond motifs is 1. The van der Waals surface area contributed by atoms with E-state index >= 15 is 0 Å². The quantitative estimate of drug-likeness (QED) is 0.779. The smallest absolute Gasteiger partial charge is 0.224 e. The second kappa shape index (κ2) is 7.60. The van der Waals surface area contributed by atoms with Crippen LogP contribution in [0.3, 0.4) is 0 Å². The molecule has 1 aliphatic heterocycles. The fourth-order valence-corrected chi connectivity index (χ4v) is 3.95. The molecule has 1 aliphatic carbocycles. The molecule has 2 fully saturated rings. The molecule has 3 heterocycles. The molecule has 132 valence electrons. The van der Waals surface area contributed by atoms with Crippen molar-refractivity contribution >= 4 is 52.3 Å². The summed E-state index contributed by atoms with van der Waals surface area (Å²) in [4.78, 5) is 16.9. The summed E-state index contributed by atoms with van der Waals surface area (Å²) in [5.41, 5.74) is 2.08. The van der Waals surface area contributed by atoms with Gasteiger partial charge < -0.3 is 15.0 Å². The van der Waals surface area contributed by atoms with Crippen molar-refractivity contribution in [3.05, 3.63) is 34.7 Å². The highest BCUT2D eigenvalue weighted by atomic mass is 79.9. The molecule has 1 atom stereocenters. The molecule has 2 aliphatic rings. The summed E-state index contributed by atoms with van der Waals surface area (Å²) in [7, 11) is 0. The van der Waals surface area contributed by atoms with Crippen molar-refractivity contribution in [1.82, 2.24) is 20.0 Å². The predicted octanol–water partition coefficient (Wildman–Crippen LogP) is 2.95. The maximum Gasteiger partial charge on any atom is 0.224 e. The molecule has 8 heteroatoms. The lowest BCUT2D eigenvalue weighted by molar-refractivity contribution is -0.123. The van der Waals surface area contributed by atoms with Crippen LogP contribution >= 0.6 is 40.7 Å². The van der Waals surface area contributed by atoms with Gasteiger partial charge in [-0.2, -0.15) is 0 Å². The number of carbonyl (C=O) groups excluding carboxylic acids is 1. The van der Waals surface area contributed by atoms with E-state index in [1.807, 2.05) is 28.9 Å². The van der Waals surface area contributed by atoms with Crippen LogP contribution in [0.25, 0.3) is 5.65 Å². The Kier molecular flexibility index (Phi) is 6.18. The van der Waals surface area contributed by atoms with Crippen molar-refractivity contribution < 1.29 is 4.79 Å². The van der Waals surface area contributed by atoms with E-state index in [0.717, 1.165) is 48.2 Å². The van der Waals surface area contributed by atoms with Gasteiger partial charge in [-0.1, -0.05) is 0 Å². The summed E-state index contributed by atoms with van der Waals surface area (Å²) in [5, 5.41) is 6.43. The summed E-state index contributed by atoms with van der Waals surface area (Å²) in [6.45, 7) is 2.60. The number of halogens is 3. The second-order valence-corrected chi connectivity index (χ2v) is 7.35. The van der Waals surface area contributed by atoms with Crippen molar-refractivity contribution in [3.8, 4) is 0 Å². The molecule has 5 nitrogen and oxygen atoms in total. The molecule has 1 amide bonds. The summed E-state index contributed by atoms with van der Waals surface area (Å²) in [5.74, 6) is 0.404. The van der Waals surface area contributed by atoms with Gasteiger partial charge in [-0.15, -0.1) is 24.8 Å². The number of amides is 1. The largest absolute Gasteiger partial charge is 0.350 e. The molecule has 0 aromatic carbocycles. The number of rotatable bonds is 3.